The van der Waals surface area contributed by atoms with E-state index in [1.807, 2.05) is 25.2 Å². The normalized spacial score (nSPS) is 12.1. The molecule has 0 aliphatic heterocycles. The summed E-state index contributed by atoms with van der Waals surface area (Å²) in [6.07, 6.45) is 4.86. The number of carbonyl (C=O) groups is 1. The van der Waals surface area contributed by atoms with E-state index in [1.54, 1.807) is 47.3 Å². The van der Waals surface area contributed by atoms with Crippen molar-refractivity contribution < 1.29 is 9.53 Å². The van der Waals surface area contributed by atoms with Crippen molar-refractivity contribution in [2.45, 2.75) is 6.04 Å². The Balaban J connectivity index is 1.81. The first-order valence-electron chi connectivity index (χ1n) is 7.42. The first-order chi connectivity index (χ1) is 11.7. The first-order valence-corrected chi connectivity index (χ1v) is 7.42. The molecule has 1 aromatic carbocycles. The third kappa shape index (κ3) is 3.33. The Morgan fingerprint density at radius 3 is 2.75 bits per heavy atom. The number of carbonyl (C=O) groups excluding carboxylic acids is 1. The Labute approximate surface area is 139 Å². The maximum absolute atomic E-state index is 12.6. The molecular weight excluding hydrogens is 308 g/mol. The van der Waals surface area contributed by atoms with E-state index in [4.69, 9.17) is 4.74 Å². The van der Waals surface area contributed by atoms with Gasteiger partial charge in [-0.3, -0.25) is 14.0 Å². The maximum atomic E-state index is 12.6. The summed E-state index contributed by atoms with van der Waals surface area (Å²) in [5, 5.41) is 14.7. The van der Waals surface area contributed by atoms with Crippen LogP contribution in [0.2, 0.25) is 0 Å². The molecule has 1 N–H and O–H groups in total. The molecule has 1 amide bonds. The lowest BCUT2D eigenvalue weighted by Gasteiger charge is -2.18. The van der Waals surface area contributed by atoms with Gasteiger partial charge in [0, 0.05) is 31.6 Å². The Morgan fingerprint density at radius 2 is 2.08 bits per heavy atom. The molecule has 0 radical (unpaired) electrons. The van der Waals surface area contributed by atoms with Crippen molar-refractivity contribution in [3.05, 3.63) is 60.4 Å². The van der Waals surface area contributed by atoms with E-state index in [2.05, 4.69) is 20.6 Å². The summed E-state index contributed by atoms with van der Waals surface area (Å²) in [5.41, 5.74) is 2.24. The van der Waals surface area contributed by atoms with E-state index >= 15 is 0 Å². The molecule has 124 valence electrons. The van der Waals surface area contributed by atoms with Crippen LogP contribution in [0, 0.1) is 0 Å². The third-order valence-corrected chi connectivity index (χ3v) is 3.68. The molecule has 0 fully saturated rings. The minimum Gasteiger partial charge on any atom is -0.382 e. The molecule has 0 saturated heterocycles. The number of nitrogens with zero attached hydrogens (tertiary/aromatic N) is 5. The molecule has 3 rings (SSSR count). The van der Waals surface area contributed by atoms with E-state index in [9.17, 15) is 4.79 Å². The zero-order valence-corrected chi connectivity index (χ0v) is 13.5. The second-order valence-corrected chi connectivity index (χ2v) is 5.28. The summed E-state index contributed by atoms with van der Waals surface area (Å²) in [4.78, 5) is 12.6. The molecule has 3 aromatic rings. The van der Waals surface area contributed by atoms with Gasteiger partial charge in [0.1, 0.15) is 12.7 Å². The van der Waals surface area contributed by atoms with Crippen molar-refractivity contribution >= 4 is 5.91 Å². The maximum Gasteiger partial charge on any atom is 0.251 e. The van der Waals surface area contributed by atoms with E-state index in [0.717, 1.165) is 11.4 Å². The largest absolute Gasteiger partial charge is 0.382 e. The number of ether oxygens (including phenoxy) is 1. The highest BCUT2D eigenvalue weighted by Crippen LogP contribution is 2.15. The van der Waals surface area contributed by atoms with Gasteiger partial charge in [-0.2, -0.15) is 5.10 Å². The molecule has 0 aliphatic rings. The van der Waals surface area contributed by atoms with Crippen molar-refractivity contribution in [1.29, 1.82) is 0 Å². The minimum absolute atomic E-state index is 0.187. The fraction of sp³-hybridized carbons (Fsp3) is 0.250. The van der Waals surface area contributed by atoms with Crippen molar-refractivity contribution in [1.82, 2.24) is 29.9 Å². The lowest BCUT2D eigenvalue weighted by molar-refractivity contribution is 0.0892. The van der Waals surface area contributed by atoms with Crippen LogP contribution in [-0.4, -0.2) is 44.2 Å². The van der Waals surface area contributed by atoms with Crippen LogP contribution in [0.4, 0.5) is 0 Å². The van der Waals surface area contributed by atoms with Gasteiger partial charge in [0.2, 0.25) is 0 Å². The van der Waals surface area contributed by atoms with Gasteiger partial charge in [0.05, 0.1) is 18.3 Å². The summed E-state index contributed by atoms with van der Waals surface area (Å²) < 4.78 is 8.69. The van der Waals surface area contributed by atoms with Crippen LogP contribution in [0.5, 0.6) is 0 Å². The fourth-order valence-electron chi connectivity index (χ4n) is 2.48. The van der Waals surface area contributed by atoms with Crippen LogP contribution in [0.3, 0.4) is 0 Å². The van der Waals surface area contributed by atoms with Gasteiger partial charge in [-0.15, -0.1) is 10.2 Å². The molecule has 0 unspecified atom stereocenters. The van der Waals surface area contributed by atoms with Crippen molar-refractivity contribution in [2.24, 2.45) is 7.05 Å². The topological polar surface area (TPSA) is 86.9 Å². The zero-order valence-electron chi connectivity index (χ0n) is 13.5. The average molecular weight is 326 g/mol. The number of hydrogen-bond acceptors (Lipinski definition) is 5. The first kappa shape index (κ1) is 15.9. The number of hydrogen-bond donors (Lipinski definition) is 1. The Bertz CT molecular complexity index is 812. The van der Waals surface area contributed by atoms with Gasteiger partial charge in [-0.25, -0.2) is 0 Å². The number of aromatic nitrogens is 5. The van der Waals surface area contributed by atoms with Crippen molar-refractivity contribution in [2.75, 3.05) is 13.7 Å². The Hall–Kier alpha value is -3.00. The standard InChI is InChI=1S/C16H18N6O2/c1-21-15(6-7-19-21)14(9-24-2)20-16(23)12-4-3-5-13(8-12)22-10-17-18-11-22/h3-8,10-11,14H,9H2,1-2H3,(H,20,23)/t14-/m1/s1. The van der Waals surface area contributed by atoms with E-state index in [1.165, 1.54) is 0 Å². The van der Waals surface area contributed by atoms with Crippen molar-refractivity contribution in [3.8, 4) is 5.69 Å². The average Bonchev–Trinajstić information content (AvgIpc) is 3.26. The Kier molecular flexibility index (Phi) is 4.66. The highest BCUT2D eigenvalue weighted by molar-refractivity contribution is 5.95. The number of rotatable bonds is 6. The monoisotopic (exact) mass is 326 g/mol. The zero-order chi connectivity index (χ0) is 16.9. The number of nitrogens with one attached hydrogen (secondary N) is 1. The van der Waals surface area contributed by atoms with Gasteiger partial charge >= 0.3 is 0 Å². The molecule has 1 atom stereocenters. The van der Waals surface area contributed by atoms with Crippen LogP contribution in [0.25, 0.3) is 5.69 Å². The van der Waals surface area contributed by atoms with Gasteiger partial charge in [0.25, 0.3) is 5.91 Å². The molecule has 8 nitrogen and oxygen atoms in total. The predicted octanol–water partition coefficient (Wildman–Crippen LogP) is 1.12. The molecule has 8 heteroatoms. The second-order valence-electron chi connectivity index (χ2n) is 5.28. The van der Waals surface area contributed by atoms with Crippen LogP contribution < -0.4 is 5.32 Å². The smallest absolute Gasteiger partial charge is 0.251 e. The van der Waals surface area contributed by atoms with Gasteiger partial charge < -0.3 is 10.1 Å². The van der Waals surface area contributed by atoms with Crippen molar-refractivity contribution in [3.63, 3.8) is 0 Å². The third-order valence-electron chi connectivity index (χ3n) is 3.68. The van der Waals surface area contributed by atoms with Crippen LogP contribution >= 0.6 is 0 Å². The minimum atomic E-state index is -0.284. The lowest BCUT2D eigenvalue weighted by atomic mass is 10.1. The van der Waals surface area contributed by atoms with Crippen LogP contribution in [0.15, 0.2) is 49.2 Å². The summed E-state index contributed by atoms with van der Waals surface area (Å²) in [5.74, 6) is -0.187. The SMILES string of the molecule is COC[C@@H](NC(=O)c1cccc(-n2cnnc2)c1)c1ccnn1C. The summed E-state index contributed by atoms with van der Waals surface area (Å²) in [7, 11) is 3.43. The van der Waals surface area contributed by atoms with Gasteiger partial charge in [0.15, 0.2) is 0 Å². The lowest BCUT2D eigenvalue weighted by Crippen LogP contribution is -2.32. The molecule has 24 heavy (non-hydrogen) atoms. The number of methoxy groups -OCH3 is 1. The molecular formula is C16H18N6O2. The van der Waals surface area contributed by atoms with Crippen LogP contribution in [0.1, 0.15) is 22.1 Å². The number of amides is 1. The number of benzene rings is 1. The summed E-state index contributed by atoms with van der Waals surface area (Å²) in [6, 6.07) is 8.82. The molecule has 0 bridgehead atoms. The summed E-state index contributed by atoms with van der Waals surface area (Å²) in [6.45, 7) is 0.358. The van der Waals surface area contributed by atoms with Gasteiger partial charge in [-0.1, -0.05) is 6.07 Å². The van der Waals surface area contributed by atoms with E-state index in [0.29, 0.717) is 12.2 Å². The summed E-state index contributed by atoms with van der Waals surface area (Å²) >= 11 is 0. The highest BCUT2D eigenvalue weighted by atomic mass is 16.5. The van der Waals surface area contributed by atoms with E-state index in [-0.39, 0.29) is 11.9 Å². The van der Waals surface area contributed by atoms with Crippen LogP contribution in [-0.2, 0) is 11.8 Å². The van der Waals surface area contributed by atoms with Gasteiger partial charge in [-0.05, 0) is 24.3 Å². The molecule has 2 heterocycles. The predicted molar refractivity (Wildman–Crippen MR) is 86.7 cm³/mol. The highest BCUT2D eigenvalue weighted by Gasteiger charge is 2.18. The second kappa shape index (κ2) is 7.05. The van der Waals surface area contributed by atoms with E-state index < -0.39 is 0 Å². The molecule has 2 aromatic heterocycles. The fourth-order valence-corrected chi connectivity index (χ4v) is 2.48. The molecule has 0 spiro atoms. The molecule has 0 saturated carbocycles. The Morgan fingerprint density at radius 1 is 1.29 bits per heavy atom. The quantitative estimate of drug-likeness (QED) is 0.733. The number of aryl methyl sites for hydroxylation is 1. The molecule has 0 aliphatic carbocycles.